The first-order valence-electron chi connectivity index (χ1n) is 9.55. The summed E-state index contributed by atoms with van der Waals surface area (Å²) in [5.41, 5.74) is 0. The van der Waals surface area contributed by atoms with Gasteiger partial charge in [0.2, 0.25) is 0 Å². The molecule has 1 aliphatic carbocycles. The van der Waals surface area contributed by atoms with Gasteiger partial charge in [-0.25, -0.2) is 0 Å². The molecule has 0 saturated heterocycles. The van der Waals surface area contributed by atoms with Crippen molar-refractivity contribution in [1.29, 1.82) is 0 Å². The van der Waals surface area contributed by atoms with Crippen LogP contribution in [0.25, 0.3) is 0 Å². The van der Waals surface area contributed by atoms with Crippen molar-refractivity contribution in [3.05, 3.63) is 24.3 Å². The first kappa shape index (κ1) is 21.9. The molecule has 0 spiro atoms. The number of carbonyl (C=O) groups is 1. The zero-order chi connectivity index (χ0) is 18.7. The summed E-state index contributed by atoms with van der Waals surface area (Å²) in [6.07, 6.45) is 12.3. The van der Waals surface area contributed by atoms with Gasteiger partial charge in [0.25, 0.3) is 0 Å². The van der Waals surface area contributed by atoms with E-state index in [9.17, 15) is 20.1 Å². The Morgan fingerprint density at radius 2 is 1.92 bits per heavy atom. The summed E-state index contributed by atoms with van der Waals surface area (Å²) in [5.74, 6) is -1.00. The molecule has 4 N–H and O–H groups in total. The molecule has 1 rings (SSSR count). The molecule has 1 aliphatic rings. The molecule has 5 heteroatoms. The van der Waals surface area contributed by atoms with Gasteiger partial charge in [0.05, 0.1) is 18.3 Å². The zero-order valence-corrected chi connectivity index (χ0v) is 15.3. The lowest BCUT2D eigenvalue weighted by Gasteiger charge is -2.19. The normalized spacial score (nSPS) is 28.2. The van der Waals surface area contributed by atoms with E-state index in [0.717, 1.165) is 25.7 Å². The second kappa shape index (κ2) is 12.2. The Morgan fingerprint density at radius 1 is 1.16 bits per heavy atom. The summed E-state index contributed by atoms with van der Waals surface area (Å²) >= 11 is 0. The van der Waals surface area contributed by atoms with E-state index in [4.69, 9.17) is 5.11 Å². The van der Waals surface area contributed by atoms with E-state index in [1.54, 1.807) is 6.08 Å². The lowest BCUT2D eigenvalue weighted by atomic mass is 9.89. The summed E-state index contributed by atoms with van der Waals surface area (Å²) < 4.78 is 0. The maximum atomic E-state index is 10.5. The highest BCUT2D eigenvalue weighted by molar-refractivity contribution is 5.66. The summed E-state index contributed by atoms with van der Waals surface area (Å²) in [6.45, 7) is 2.12. The molecule has 0 aliphatic heterocycles. The fraction of sp³-hybridized carbons (Fsp3) is 0.750. The number of carboxylic acid groups (broad SMARTS) is 1. The number of hydrogen-bond donors (Lipinski definition) is 4. The third-order valence-corrected chi connectivity index (χ3v) is 4.91. The molecule has 0 unspecified atom stereocenters. The molecular formula is C20H34O5. The van der Waals surface area contributed by atoms with Gasteiger partial charge < -0.3 is 20.4 Å². The average molecular weight is 354 g/mol. The molecule has 0 amide bonds. The van der Waals surface area contributed by atoms with Crippen LogP contribution in [0.4, 0.5) is 0 Å². The van der Waals surface area contributed by atoms with E-state index < -0.39 is 24.3 Å². The molecule has 0 bridgehead atoms. The molecule has 0 heterocycles. The van der Waals surface area contributed by atoms with Crippen molar-refractivity contribution < 1.29 is 25.2 Å². The Hall–Kier alpha value is -1.17. The zero-order valence-electron chi connectivity index (χ0n) is 15.3. The number of carboxylic acids is 1. The molecule has 1 fully saturated rings. The highest BCUT2D eigenvalue weighted by atomic mass is 16.4. The molecule has 0 aromatic rings. The Morgan fingerprint density at radius 3 is 2.60 bits per heavy atom. The molecular weight excluding hydrogens is 320 g/mol. The van der Waals surface area contributed by atoms with Gasteiger partial charge in [0.15, 0.2) is 0 Å². The molecule has 25 heavy (non-hydrogen) atoms. The maximum Gasteiger partial charge on any atom is 0.303 e. The fourth-order valence-electron chi connectivity index (χ4n) is 3.41. The smallest absolute Gasteiger partial charge is 0.303 e. The second-order valence-corrected chi connectivity index (χ2v) is 7.05. The van der Waals surface area contributed by atoms with Crippen LogP contribution in [0, 0.1) is 11.8 Å². The Balaban J connectivity index is 2.46. The molecule has 1 saturated carbocycles. The highest BCUT2D eigenvalue weighted by Crippen LogP contribution is 2.36. The van der Waals surface area contributed by atoms with Gasteiger partial charge in [0, 0.05) is 18.8 Å². The predicted molar refractivity (Wildman–Crippen MR) is 98.1 cm³/mol. The number of hydrogen-bond acceptors (Lipinski definition) is 4. The first-order valence-corrected chi connectivity index (χ1v) is 9.55. The minimum Gasteiger partial charge on any atom is -0.481 e. The van der Waals surface area contributed by atoms with Gasteiger partial charge in [-0.05, 0) is 31.6 Å². The van der Waals surface area contributed by atoms with Gasteiger partial charge >= 0.3 is 5.97 Å². The van der Waals surface area contributed by atoms with Gasteiger partial charge in [-0.1, -0.05) is 50.5 Å². The quantitative estimate of drug-likeness (QED) is 0.319. The molecule has 0 aromatic heterocycles. The minimum atomic E-state index is -0.787. The van der Waals surface area contributed by atoms with Crippen LogP contribution in [0.5, 0.6) is 0 Å². The van der Waals surface area contributed by atoms with E-state index in [0.29, 0.717) is 25.7 Å². The lowest BCUT2D eigenvalue weighted by Crippen LogP contribution is -2.20. The van der Waals surface area contributed by atoms with E-state index in [-0.39, 0.29) is 18.3 Å². The van der Waals surface area contributed by atoms with E-state index in [2.05, 4.69) is 6.92 Å². The maximum absolute atomic E-state index is 10.5. The number of rotatable bonds is 12. The van der Waals surface area contributed by atoms with Crippen molar-refractivity contribution in [2.75, 3.05) is 0 Å². The summed E-state index contributed by atoms with van der Waals surface area (Å²) in [4.78, 5) is 10.5. The van der Waals surface area contributed by atoms with Crippen molar-refractivity contribution in [3.8, 4) is 0 Å². The Labute approximate surface area is 151 Å². The monoisotopic (exact) mass is 354 g/mol. The third-order valence-electron chi connectivity index (χ3n) is 4.91. The van der Waals surface area contributed by atoms with E-state index in [1.165, 1.54) is 0 Å². The molecule has 144 valence electrons. The summed E-state index contributed by atoms with van der Waals surface area (Å²) in [5, 5.41) is 39.0. The van der Waals surface area contributed by atoms with Crippen LogP contribution in [-0.2, 0) is 4.79 Å². The second-order valence-electron chi connectivity index (χ2n) is 7.05. The van der Waals surface area contributed by atoms with E-state index >= 15 is 0 Å². The van der Waals surface area contributed by atoms with Crippen LogP contribution in [-0.4, -0.2) is 44.7 Å². The summed E-state index contributed by atoms with van der Waals surface area (Å²) in [7, 11) is 0. The van der Waals surface area contributed by atoms with E-state index in [1.807, 2.05) is 18.2 Å². The SMILES string of the molecule is CCCCC[C@@H](O)C=C[C@@H]1[C@H](C/C=C/CCCC(=O)O)[C@@H](O)C[C@H]1O. The largest absolute Gasteiger partial charge is 0.481 e. The molecule has 5 atom stereocenters. The number of aliphatic hydroxyl groups is 3. The van der Waals surface area contributed by atoms with Gasteiger partial charge in [-0.2, -0.15) is 0 Å². The molecule has 0 aromatic carbocycles. The topological polar surface area (TPSA) is 98.0 Å². The third kappa shape index (κ3) is 8.66. The Bertz CT molecular complexity index is 432. The highest BCUT2D eigenvalue weighted by Gasteiger charge is 2.39. The first-order chi connectivity index (χ1) is 12.0. The lowest BCUT2D eigenvalue weighted by molar-refractivity contribution is -0.137. The van der Waals surface area contributed by atoms with Crippen molar-refractivity contribution >= 4 is 5.97 Å². The summed E-state index contributed by atoms with van der Waals surface area (Å²) in [6, 6.07) is 0. The average Bonchev–Trinajstić information content (AvgIpc) is 2.82. The van der Waals surface area contributed by atoms with Crippen LogP contribution in [0.1, 0.15) is 64.7 Å². The van der Waals surface area contributed by atoms with Crippen LogP contribution in [0.3, 0.4) is 0 Å². The number of allylic oxidation sites excluding steroid dienone is 2. The van der Waals surface area contributed by atoms with Gasteiger partial charge in [0.1, 0.15) is 0 Å². The number of aliphatic carboxylic acids is 1. The van der Waals surface area contributed by atoms with Gasteiger partial charge in [-0.3, -0.25) is 4.79 Å². The van der Waals surface area contributed by atoms with Crippen molar-refractivity contribution in [3.63, 3.8) is 0 Å². The molecule has 0 radical (unpaired) electrons. The van der Waals surface area contributed by atoms with Crippen molar-refractivity contribution in [2.24, 2.45) is 11.8 Å². The van der Waals surface area contributed by atoms with Crippen LogP contribution in [0.15, 0.2) is 24.3 Å². The standard InChI is InChI=1S/C20H34O5/c1-2-3-6-9-15(21)12-13-17-16(18(22)14-19(17)23)10-7-4-5-8-11-20(24)25/h4,7,12-13,15-19,21-23H,2-3,5-6,8-11,14H2,1H3,(H,24,25)/b7-4+,13-12?/t15-,16+,17-,18+,19-/m1/s1. The van der Waals surface area contributed by atoms with Crippen molar-refractivity contribution in [1.82, 2.24) is 0 Å². The van der Waals surface area contributed by atoms with Crippen LogP contribution in [0.2, 0.25) is 0 Å². The molecule has 5 nitrogen and oxygen atoms in total. The van der Waals surface area contributed by atoms with Gasteiger partial charge in [-0.15, -0.1) is 0 Å². The van der Waals surface area contributed by atoms with Crippen molar-refractivity contribution in [2.45, 2.75) is 83.0 Å². The van der Waals surface area contributed by atoms with Crippen LogP contribution < -0.4 is 0 Å². The Kier molecular flexibility index (Phi) is 10.7. The fourth-order valence-corrected chi connectivity index (χ4v) is 3.41. The van der Waals surface area contributed by atoms with Crippen LogP contribution >= 0.6 is 0 Å². The number of aliphatic hydroxyl groups excluding tert-OH is 3. The minimum absolute atomic E-state index is 0.0650. The predicted octanol–water partition coefficient (Wildman–Crippen LogP) is 3.04. The number of unbranched alkanes of at least 4 members (excludes halogenated alkanes) is 3.